The average molecular weight is 495 g/mol. The quantitative estimate of drug-likeness (QED) is 0.504. The minimum atomic E-state index is -0.531. The molecule has 4 rings (SSSR count). The first-order valence-corrected chi connectivity index (χ1v) is 11.1. The third kappa shape index (κ3) is 3.96. The smallest absolute Gasteiger partial charge is 0.243 e. The summed E-state index contributed by atoms with van der Waals surface area (Å²) in [5.41, 5.74) is 0.907. The number of halogens is 1. The summed E-state index contributed by atoms with van der Waals surface area (Å²) in [6.45, 7) is 4.77. The van der Waals surface area contributed by atoms with Gasteiger partial charge in [0.2, 0.25) is 5.91 Å². The molecule has 0 fully saturated rings. The van der Waals surface area contributed by atoms with Crippen LogP contribution in [0.5, 0.6) is 11.5 Å². The number of H-pyrrole nitrogens is 1. The number of hydrogen-bond donors (Lipinski definition) is 2. The van der Waals surface area contributed by atoms with Crippen LogP contribution in [0.4, 0.5) is 0 Å². The summed E-state index contributed by atoms with van der Waals surface area (Å²) >= 11 is 10.5. The van der Waals surface area contributed by atoms with Gasteiger partial charge in [0, 0.05) is 4.47 Å². The van der Waals surface area contributed by atoms with Gasteiger partial charge >= 0.3 is 0 Å². The van der Waals surface area contributed by atoms with E-state index >= 15 is 0 Å². The molecule has 0 spiro atoms. The van der Waals surface area contributed by atoms with Crippen molar-refractivity contribution in [1.82, 2.24) is 20.1 Å². The number of aromatic amines is 1. The molecule has 3 aromatic rings. The minimum absolute atomic E-state index is 0.158. The van der Waals surface area contributed by atoms with E-state index in [1.54, 1.807) is 15.9 Å². The van der Waals surface area contributed by atoms with E-state index in [9.17, 15) is 4.79 Å². The molecule has 1 aromatic carbocycles. The Hall–Kier alpha value is -2.17. The van der Waals surface area contributed by atoms with E-state index in [2.05, 4.69) is 31.4 Å². The summed E-state index contributed by atoms with van der Waals surface area (Å²) in [6.07, 6.45) is 0. The van der Waals surface area contributed by atoms with E-state index in [1.165, 1.54) is 0 Å². The Morgan fingerprint density at radius 2 is 2.07 bits per heavy atom. The van der Waals surface area contributed by atoms with Gasteiger partial charge in [-0.15, -0.1) is 11.3 Å². The summed E-state index contributed by atoms with van der Waals surface area (Å²) < 4.78 is 14.3. The van der Waals surface area contributed by atoms with Crippen LogP contribution in [-0.4, -0.2) is 33.9 Å². The second kappa shape index (κ2) is 8.29. The molecule has 1 aliphatic rings. The summed E-state index contributed by atoms with van der Waals surface area (Å²) in [7, 11) is 0. The Bertz CT molecular complexity index is 1090. The molecule has 10 heteroatoms. The molecule has 7 nitrogen and oxygen atoms in total. The third-order valence-corrected chi connectivity index (χ3v) is 6.54. The number of fused-ring (bicyclic) bond motifs is 1. The molecule has 2 aromatic heterocycles. The van der Waals surface area contributed by atoms with Crippen molar-refractivity contribution in [3.05, 3.63) is 44.5 Å². The fraction of sp³-hybridized carbons (Fsp3) is 0.316. The van der Waals surface area contributed by atoms with Gasteiger partial charge in [0.1, 0.15) is 19.3 Å². The first-order chi connectivity index (χ1) is 14.0. The molecule has 2 N–H and O–H groups in total. The molecule has 1 aliphatic heterocycles. The van der Waals surface area contributed by atoms with Crippen molar-refractivity contribution in [3.8, 4) is 22.2 Å². The van der Waals surface area contributed by atoms with Gasteiger partial charge < -0.3 is 14.8 Å². The molecule has 0 aliphatic carbocycles. The summed E-state index contributed by atoms with van der Waals surface area (Å²) in [5, 5.41) is 12.1. The van der Waals surface area contributed by atoms with Crippen molar-refractivity contribution >= 4 is 45.4 Å². The summed E-state index contributed by atoms with van der Waals surface area (Å²) in [5.74, 6) is 1.88. The van der Waals surface area contributed by atoms with Crippen LogP contribution in [0.15, 0.2) is 34.1 Å². The molecule has 29 heavy (non-hydrogen) atoms. The highest BCUT2D eigenvalue weighted by Crippen LogP contribution is 2.38. The molecule has 0 saturated carbocycles. The second-order valence-corrected chi connectivity index (χ2v) is 8.81. The van der Waals surface area contributed by atoms with Crippen molar-refractivity contribution in [1.29, 1.82) is 0 Å². The van der Waals surface area contributed by atoms with E-state index < -0.39 is 6.04 Å². The Labute approximate surface area is 185 Å². The zero-order valence-electron chi connectivity index (χ0n) is 15.8. The summed E-state index contributed by atoms with van der Waals surface area (Å²) in [4.78, 5) is 14.0. The number of rotatable bonds is 5. The number of thiophene rings is 1. The molecule has 0 bridgehead atoms. The maximum absolute atomic E-state index is 13.0. The number of carbonyl (C=O) groups excluding carboxylic acids is 1. The van der Waals surface area contributed by atoms with Gasteiger partial charge in [-0.25, -0.2) is 0 Å². The first kappa shape index (κ1) is 20.1. The van der Waals surface area contributed by atoms with Gasteiger partial charge in [0.05, 0.1) is 10.9 Å². The van der Waals surface area contributed by atoms with Gasteiger partial charge in [-0.2, -0.15) is 5.10 Å². The number of ether oxygens (including phenoxy) is 2. The van der Waals surface area contributed by atoms with E-state index in [0.29, 0.717) is 35.3 Å². The monoisotopic (exact) mass is 494 g/mol. The predicted octanol–water partition coefficient (Wildman–Crippen LogP) is 4.64. The SMILES string of the molecule is CC(NC(=O)C(C)n1c(-c2cccs2)n[nH]c1=S)c1cc2c(cc1Br)OCCO2. The molecule has 2 unspecified atom stereocenters. The average Bonchev–Trinajstić information content (AvgIpc) is 3.36. The highest BCUT2D eigenvalue weighted by Gasteiger charge is 2.24. The van der Waals surface area contributed by atoms with E-state index in [-0.39, 0.29) is 11.9 Å². The Morgan fingerprint density at radius 1 is 1.34 bits per heavy atom. The van der Waals surface area contributed by atoms with Crippen molar-refractivity contribution in [3.63, 3.8) is 0 Å². The van der Waals surface area contributed by atoms with Gasteiger partial charge in [-0.1, -0.05) is 22.0 Å². The normalized spacial score (nSPS) is 15.0. The fourth-order valence-corrected chi connectivity index (χ4v) is 4.85. The maximum Gasteiger partial charge on any atom is 0.243 e. The third-order valence-electron chi connectivity index (χ3n) is 4.70. The van der Waals surface area contributed by atoms with Crippen molar-refractivity contribution in [2.75, 3.05) is 13.2 Å². The van der Waals surface area contributed by atoms with Gasteiger partial charge in [-0.3, -0.25) is 14.5 Å². The van der Waals surface area contributed by atoms with Gasteiger partial charge in [-0.05, 0) is 55.2 Å². The highest BCUT2D eigenvalue weighted by molar-refractivity contribution is 9.10. The number of benzene rings is 1. The molecule has 0 saturated heterocycles. The highest BCUT2D eigenvalue weighted by atomic mass is 79.9. The lowest BCUT2D eigenvalue weighted by Crippen LogP contribution is -2.33. The number of aromatic nitrogens is 3. The Morgan fingerprint density at radius 3 is 2.76 bits per heavy atom. The van der Waals surface area contributed by atoms with Crippen LogP contribution in [-0.2, 0) is 4.79 Å². The Balaban J connectivity index is 1.56. The lowest BCUT2D eigenvalue weighted by atomic mass is 10.1. The molecule has 3 heterocycles. The minimum Gasteiger partial charge on any atom is -0.486 e. The molecular weight excluding hydrogens is 476 g/mol. The second-order valence-electron chi connectivity index (χ2n) is 6.62. The molecule has 2 atom stereocenters. The molecule has 0 radical (unpaired) electrons. The number of amides is 1. The van der Waals surface area contributed by atoms with Gasteiger partial charge in [0.15, 0.2) is 22.1 Å². The number of carbonyl (C=O) groups is 1. The lowest BCUT2D eigenvalue weighted by Gasteiger charge is -2.23. The van der Waals surface area contributed by atoms with Crippen molar-refractivity contribution in [2.45, 2.75) is 25.9 Å². The lowest BCUT2D eigenvalue weighted by molar-refractivity contribution is -0.124. The van der Waals surface area contributed by atoms with E-state index in [0.717, 1.165) is 14.9 Å². The zero-order chi connectivity index (χ0) is 20.5. The van der Waals surface area contributed by atoms with E-state index in [1.807, 2.05) is 43.5 Å². The standard InChI is InChI=1S/C19H19BrN4O3S2/c1-10(12-8-14-15(9-13(12)20)27-6-5-26-14)21-18(25)11(2)24-17(22-23-19(24)28)16-4-3-7-29-16/h3-4,7-11H,5-6H2,1-2H3,(H,21,25)(H,23,28). The van der Waals surface area contributed by atoms with Crippen molar-refractivity contribution < 1.29 is 14.3 Å². The zero-order valence-corrected chi connectivity index (χ0v) is 19.0. The topological polar surface area (TPSA) is 81.2 Å². The van der Waals surface area contributed by atoms with E-state index in [4.69, 9.17) is 21.7 Å². The largest absolute Gasteiger partial charge is 0.486 e. The number of hydrogen-bond acceptors (Lipinski definition) is 6. The number of nitrogens with zero attached hydrogens (tertiary/aromatic N) is 2. The first-order valence-electron chi connectivity index (χ1n) is 9.06. The number of nitrogens with one attached hydrogen (secondary N) is 2. The van der Waals surface area contributed by atoms with Gasteiger partial charge in [0.25, 0.3) is 0 Å². The van der Waals surface area contributed by atoms with Crippen LogP contribution < -0.4 is 14.8 Å². The summed E-state index contributed by atoms with van der Waals surface area (Å²) in [6, 6.07) is 6.88. The van der Waals surface area contributed by atoms with Crippen LogP contribution >= 0.6 is 39.5 Å². The van der Waals surface area contributed by atoms with Crippen LogP contribution in [0.2, 0.25) is 0 Å². The predicted molar refractivity (Wildman–Crippen MR) is 117 cm³/mol. The van der Waals surface area contributed by atoms with Crippen molar-refractivity contribution in [2.24, 2.45) is 0 Å². The van der Waals surface area contributed by atoms with Crippen LogP contribution in [0.1, 0.15) is 31.5 Å². The molecule has 1 amide bonds. The van der Waals surface area contributed by atoms with Crippen LogP contribution in [0.3, 0.4) is 0 Å². The molecule has 152 valence electrons. The fourth-order valence-electron chi connectivity index (χ4n) is 3.18. The van der Waals surface area contributed by atoms with Crippen LogP contribution in [0, 0.1) is 4.77 Å². The Kier molecular flexibility index (Phi) is 5.75. The van der Waals surface area contributed by atoms with Crippen LogP contribution in [0.25, 0.3) is 10.7 Å². The molecular formula is C19H19BrN4O3S2. The maximum atomic E-state index is 13.0.